The minimum atomic E-state index is -4.29. The van der Waals surface area contributed by atoms with E-state index in [0.29, 0.717) is 13.0 Å². The molecule has 0 bridgehead atoms. The van der Waals surface area contributed by atoms with E-state index in [1.54, 1.807) is 0 Å². The standard InChI is InChI=1S/C44H80NO7P/c1-3-5-7-9-11-13-15-17-19-21-22-23-25-27-29-31-33-35-37-44(46)52-43(42-51-53(47,48)50-40-38-45)41-49-39-36-34-32-30-28-26-24-20-18-16-14-12-10-8-6-4-2/h6,8,12,14,18-21,26,28,43H,3-5,7,9-11,13,15-17,22-25,27,29-42,45H2,1-2H3,(H,47,48)/b8-6-,14-12-,20-18-,21-19-,28-26-. The van der Waals surface area contributed by atoms with Gasteiger partial charge in [-0.05, 0) is 77.0 Å². The Labute approximate surface area is 325 Å². The molecular formula is C44H80NO7P. The normalized spacial score (nSPS) is 14.1. The molecule has 0 saturated heterocycles. The summed E-state index contributed by atoms with van der Waals surface area (Å²) in [6.45, 7) is 4.71. The number of rotatable bonds is 40. The lowest BCUT2D eigenvalue weighted by atomic mass is 10.1. The topological polar surface area (TPSA) is 117 Å². The second-order valence-corrected chi connectivity index (χ2v) is 15.3. The first-order valence-corrected chi connectivity index (χ1v) is 22.8. The Bertz CT molecular complexity index is 994. The molecule has 3 N–H and O–H groups in total. The minimum Gasteiger partial charge on any atom is -0.457 e. The van der Waals surface area contributed by atoms with Crippen LogP contribution in [0.25, 0.3) is 0 Å². The summed E-state index contributed by atoms with van der Waals surface area (Å²) >= 11 is 0. The zero-order valence-electron chi connectivity index (χ0n) is 34.0. The van der Waals surface area contributed by atoms with Crippen molar-refractivity contribution in [3.8, 4) is 0 Å². The zero-order chi connectivity index (χ0) is 38.8. The van der Waals surface area contributed by atoms with Crippen LogP contribution in [0, 0.1) is 0 Å². The lowest BCUT2D eigenvalue weighted by Gasteiger charge is -2.20. The van der Waals surface area contributed by atoms with E-state index in [0.717, 1.165) is 70.6 Å². The summed E-state index contributed by atoms with van der Waals surface area (Å²) in [6.07, 6.45) is 49.5. The van der Waals surface area contributed by atoms with Crippen molar-refractivity contribution in [2.24, 2.45) is 5.73 Å². The quantitative estimate of drug-likeness (QED) is 0.0274. The summed E-state index contributed by atoms with van der Waals surface area (Å²) in [4.78, 5) is 22.5. The maximum Gasteiger partial charge on any atom is 0.472 e. The number of carbonyl (C=O) groups excluding carboxylic acids is 1. The third-order valence-corrected chi connectivity index (χ3v) is 9.65. The number of allylic oxidation sites excluding steroid dienone is 10. The van der Waals surface area contributed by atoms with Gasteiger partial charge in [0.25, 0.3) is 0 Å². The van der Waals surface area contributed by atoms with Gasteiger partial charge in [-0.1, -0.05) is 152 Å². The van der Waals surface area contributed by atoms with Crippen LogP contribution < -0.4 is 5.73 Å². The molecule has 0 rings (SSSR count). The number of carbonyl (C=O) groups is 1. The molecule has 0 amide bonds. The van der Waals surface area contributed by atoms with Gasteiger partial charge in [-0.2, -0.15) is 0 Å². The van der Waals surface area contributed by atoms with Gasteiger partial charge >= 0.3 is 13.8 Å². The van der Waals surface area contributed by atoms with E-state index in [4.69, 9.17) is 24.3 Å². The van der Waals surface area contributed by atoms with Crippen LogP contribution in [0.3, 0.4) is 0 Å². The molecule has 2 atom stereocenters. The number of hydrogen-bond donors (Lipinski definition) is 2. The molecule has 0 aliphatic heterocycles. The van der Waals surface area contributed by atoms with Crippen LogP contribution in [-0.4, -0.2) is 49.9 Å². The molecule has 0 aromatic rings. The first-order chi connectivity index (χ1) is 25.9. The average molecular weight is 766 g/mol. The Kier molecular flexibility index (Phi) is 40.0. The fraction of sp³-hybridized carbons (Fsp3) is 0.750. The number of hydrogen-bond acceptors (Lipinski definition) is 7. The third kappa shape index (κ3) is 41.2. The van der Waals surface area contributed by atoms with Crippen molar-refractivity contribution >= 4 is 13.8 Å². The minimum absolute atomic E-state index is 0.0911. The van der Waals surface area contributed by atoms with Crippen LogP contribution in [-0.2, 0) is 27.9 Å². The van der Waals surface area contributed by atoms with Gasteiger partial charge in [0.2, 0.25) is 0 Å². The number of unbranched alkanes of at least 4 members (excludes halogenated alkanes) is 17. The Balaban J connectivity index is 4.11. The van der Waals surface area contributed by atoms with E-state index in [-0.39, 0.29) is 32.3 Å². The first-order valence-electron chi connectivity index (χ1n) is 21.3. The highest BCUT2D eigenvalue weighted by Crippen LogP contribution is 2.43. The van der Waals surface area contributed by atoms with Crippen molar-refractivity contribution < 1.29 is 32.8 Å². The largest absolute Gasteiger partial charge is 0.472 e. The molecular weight excluding hydrogens is 685 g/mol. The molecule has 0 heterocycles. The molecule has 0 saturated carbocycles. The van der Waals surface area contributed by atoms with E-state index < -0.39 is 13.9 Å². The lowest BCUT2D eigenvalue weighted by Crippen LogP contribution is -2.28. The Hall–Kier alpha value is -1.80. The number of phosphoric ester groups is 1. The highest BCUT2D eigenvalue weighted by molar-refractivity contribution is 7.47. The van der Waals surface area contributed by atoms with Gasteiger partial charge in [-0.3, -0.25) is 13.8 Å². The lowest BCUT2D eigenvalue weighted by molar-refractivity contribution is -0.154. The maximum atomic E-state index is 12.6. The third-order valence-electron chi connectivity index (χ3n) is 8.67. The van der Waals surface area contributed by atoms with E-state index in [1.807, 2.05) is 0 Å². The van der Waals surface area contributed by atoms with Gasteiger partial charge in [-0.15, -0.1) is 0 Å². The van der Waals surface area contributed by atoms with Crippen molar-refractivity contribution in [3.63, 3.8) is 0 Å². The van der Waals surface area contributed by atoms with E-state index >= 15 is 0 Å². The van der Waals surface area contributed by atoms with Gasteiger partial charge in [0.1, 0.15) is 6.10 Å². The van der Waals surface area contributed by atoms with Crippen molar-refractivity contribution in [1.29, 1.82) is 0 Å². The summed E-state index contributed by atoms with van der Waals surface area (Å²) < 4.78 is 33.4. The Morgan fingerprint density at radius 2 is 1.06 bits per heavy atom. The fourth-order valence-electron chi connectivity index (χ4n) is 5.57. The SMILES string of the molecule is CC/C=C\C/C=C\C/C=C\C/C=C\CCCCCOCC(COP(=O)(O)OCCN)OC(=O)CCCCCCCCC/C=C\CCCCCCCCC. The molecule has 2 unspecified atom stereocenters. The van der Waals surface area contributed by atoms with Crippen LogP contribution in [0.4, 0.5) is 0 Å². The molecule has 0 spiro atoms. The first kappa shape index (κ1) is 51.2. The van der Waals surface area contributed by atoms with Crippen molar-refractivity contribution in [1.82, 2.24) is 0 Å². The summed E-state index contributed by atoms with van der Waals surface area (Å²) in [5.41, 5.74) is 5.36. The number of nitrogens with two attached hydrogens (primary N) is 1. The highest BCUT2D eigenvalue weighted by atomic mass is 31.2. The van der Waals surface area contributed by atoms with Gasteiger partial charge in [0.15, 0.2) is 0 Å². The summed E-state index contributed by atoms with van der Waals surface area (Å²) in [5, 5.41) is 0. The number of phosphoric acid groups is 1. The van der Waals surface area contributed by atoms with Crippen molar-refractivity contribution in [3.05, 3.63) is 60.8 Å². The summed E-state index contributed by atoms with van der Waals surface area (Å²) in [7, 11) is -4.29. The molecule has 0 aromatic heterocycles. The molecule has 0 fully saturated rings. The fourth-order valence-corrected chi connectivity index (χ4v) is 6.33. The molecule has 0 radical (unpaired) electrons. The van der Waals surface area contributed by atoms with Gasteiger partial charge in [-0.25, -0.2) is 4.57 Å². The molecule has 9 heteroatoms. The van der Waals surface area contributed by atoms with Crippen molar-refractivity contribution in [2.75, 3.05) is 33.0 Å². The smallest absolute Gasteiger partial charge is 0.457 e. The maximum absolute atomic E-state index is 12.6. The van der Waals surface area contributed by atoms with E-state index in [1.165, 1.54) is 83.5 Å². The predicted octanol–water partition coefficient (Wildman–Crippen LogP) is 12.6. The monoisotopic (exact) mass is 766 g/mol. The Morgan fingerprint density at radius 3 is 1.60 bits per heavy atom. The second kappa shape index (κ2) is 41.4. The molecule has 53 heavy (non-hydrogen) atoms. The molecule has 8 nitrogen and oxygen atoms in total. The molecule has 0 aromatic carbocycles. The number of esters is 1. The van der Waals surface area contributed by atoms with Gasteiger partial charge in [0.05, 0.1) is 19.8 Å². The van der Waals surface area contributed by atoms with Gasteiger partial charge in [0, 0.05) is 19.6 Å². The van der Waals surface area contributed by atoms with Crippen LogP contribution in [0.1, 0.15) is 174 Å². The van der Waals surface area contributed by atoms with Crippen LogP contribution in [0.15, 0.2) is 60.8 Å². The van der Waals surface area contributed by atoms with Crippen LogP contribution in [0.5, 0.6) is 0 Å². The number of ether oxygens (including phenoxy) is 2. The second-order valence-electron chi connectivity index (χ2n) is 13.8. The van der Waals surface area contributed by atoms with E-state index in [2.05, 4.69) is 74.6 Å². The highest BCUT2D eigenvalue weighted by Gasteiger charge is 2.25. The molecule has 0 aliphatic rings. The van der Waals surface area contributed by atoms with E-state index in [9.17, 15) is 14.3 Å². The predicted molar refractivity (Wildman–Crippen MR) is 224 cm³/mol. The molecule has 0 aliphatic carbocycles. The van der Waals surface area contributed by atoms with Gasteiger partial charge < -0.3 is 20.1 Å². The zero-order valence-corrected chi connectivity index (χ0v) is 34.9. The summed E-state index contributed by atoms with van der Waals surface area (Å²) in [5.74, 6) is -0.348. The molecule has 308 valence electrons. The average Bonchev–Trinajstić information content (AvgIpc) is 3.15. The van der Waals surface area contributed by atoms with Crippen LogP contribution >= 0.6 is 7.82 Å². The van der Waals surface area contributed by atoms with Crippen LogP contribution in [0.2, 0.25) is 0 Å². The summed E-state index contributed by atoms with van der Waals surface area (Å²) in [6, 6.07) is 0. The van der Waals surface area contributed by atoms with Crippen molar-refractivity contribution in [2.45, 2.75) is 180 Å². The Morgan fingerprint density at radius 1 is 0.585 bits per heavy atom.